The van der Waals surface area contributed by atoms with Crippen LogP contribution in [0.2, 0.25) is 0 Å². The Bertz CT molecular complexity index is 633. The fourth-order valence-corrected chi connectivity index (χ4v) is 2.94. The van der Waals surface area contributed by atoms with Crippen molar-refractivity contribution in [1.82, 2.24) is 10.3 Å². The third kappa shape index (κ3) is 4.02. The maximum atomic E-state index is 12.5. The molecule has 0 bridgehead atoms. The molecule has 1 saturated heterocycles. The molecular formula is C17H24N4O3. The molecule has 1 aliphatic rings. The number of ketones is 1. The highest BCUT2D eigenvalue weighted by Crippen LogP contribution is 2.29. The lowest BCUT2D eigenvalue weighted by atomic mass is 9.86. The summed E-state index contributed by atoms with van der Waals surface area (Å²) in [6, 6.07) is 3.41. The molecule has 1 fully saturated rings. The van der Waals surface area contributed by atoms with Crippen LogP contribution in [0.3, 0.4) is 0 Å². The van der Waals surface area contributed by atoms with Crippen LogP contribution in [-0.2, 0) is 4.74 Å². The number of pyridine rings is 1. The Morgan fingerprint density at radius 1 is 1.50 bits per heavy atom. The van der Waals surface area contributed by atoms with Gasteiger partial charge in [-0.05, 0) is 45.3 Å². The van der Waals surface area contributed by atoms with Crippen molar-refractivity contribution in [3.8, 4) is 11.9 Å². The van der Waals surface area contributed by atoms with E-state index in [4.69, 9.17) is 20.5 Å². The standard InChI is InChI=1S/C17H24N4O3/c1-3-24-16-12(11-18)13(19)10-14(21-16)15(22)4-5-17(23-2)6-8-20-9-7-17/h10,20H,3-9H2,1-2H3,(H2,19,21). The molecule has 7 nitrogen and oxygen atoms in total. The number of rotatable bonds is 7. The van der Waals surface area contributed by atoms with E-state index in [-0.39, 0.29) is 34.2 Å². The van der Waals surface area contributed by atoms with Gasteiger partial charge in [-0.25, -0.2) is 4.98 Å². The Balaban J connectivity index is 2.13. The first-order chi connectivity index (χ1) is 11.5. The summed E-state index contributed by atoms with van der Waals surface area (Å²) in [6.45, 7) is 3.91. The fourth-order valence-electron chi connectivity index (χ4n) is 2.94. The van der Waals surface area contributed by atoms with Gasteiger partial charge in [0.05, 0.1) is 17.9 Å². The van der Waals surface area contributed by atoms with Crippen molar-refractivity contribution in [2.45, 2.75) is 38.2 Å². The van der Waals surface area contributed by atoms with Gasteiger partial charge in [0.15, 0.2) is 5.78 Å². The van der Waals surface area contributed by atoms with Crippen LogP contribution in [0.1, 0.15) is 48.7 Å². The zero-order valence-electron chi connectivity index (χ0n) is 14.2. The molecule has 0 amide bonds. The van der Waals surface area contributed by atoms with E-state index in [1.54, 1.807) is 14.0 Å². The van der Waals surface area contributed by atoms with Gasteiger partial charge in [0.1, 0.15) is 17.3 Å². The molecule has 2 rings (SSSR count). The number of carbonyl (C=O) groups is 1. The van der Waals surface area contributed by atoms with Crippen molar-refractivity contribution in [3.05, 3.63) is 17.3 Å². The van der Waals surface area contributed by atoms with Crippen LogP contribution in [0.4, 0.5) is 5.69 Å². The first-order valence-corrected chi connectivity index (χ1v) is 8.17. The van der Waals surface area contributed by atoms with Gasteiger partial charge >= 0.3 is 0 Å². The van der Waals surface area contributed by atoms with Crippen LogP contribution in [0.5, 0.6) is 5.88 Å². The molecule has 0 aliphatic carbocycles. The molecular weight excluding hydrogens is 308 g/mol. The lowest BCUT2D eigenvalue weighted by molar-refractivity contribution is -0.0403. The fraction of sp³-hybridized carbons (Fsp3) is 0.588. The second-order valence-corrected chi connectivity index (χ2v) is 5.88. The number of anilines is 1. The van der Waals surface area contributed by atoms with E-state index in [1.807, 2.05) is 6.07 Å². The molecule has 0 atom stereocenters. The van der Waals surface area contributed by atoms with E-state index < -0.39 is 0 Å². The second-order valence-electron chi connectivity index (χ2n) is 5.88. The SMILES string of the molecule is CCOc1nc(C(=O)CCC2(OC)CCNCC2)cc(N)c1C#N. The number of hydrogen-bond donors (Lipinski definition) is 2. The summed E-state index contributed by atoms with van der Waals surface area (Å²) < 4.78 is 11.0. The molecule has 3 N–H and O–H groups in total. The summed E-state index contributed by atoms with van der Waals surface area (Å²) in [5, 5.41) is 12.4. The maximum absolute atomic E-state index is 12.5. The summed E-state index contributed by atoms with van der Waals surface area (Å²) in [4.78, 5) is 16.7. The zero-order chi connectivity index (χ0) is 17.6. The first-order valence-electron chi connectivity index (χ1n) is 8.17. The first kappa shape index (κ1) is 18.2. The predicted octanol–water partition coefficient (Wildman–Crippen LogP) is 1.67. The molecule has 2 heterocycles. The molecule has 130 valence electrons. The molecule has 7 heteroatoms. The Morgan fingerprint density at radius 2 is 2.21 bits per heavy atom. The largest absolute Gasteiger partial charge is 0.477 e. The van der Waals surface area contributed by atoms with Gasteiger partial charge in [-0.2, -0.15) is 5.26 Å². The number of carbonyl (C=O) groups excluding carboxylic acids is 1. The van der Waals surface area contributed by atoms with E-state index in [1.165, 1.54) is 6.07 Å². The third-order valence-electron chi connectivity index (χ3n) is 4.45. The number of Topliss-reactive ketones (excluding diaryl/α,β-unsaturated/α-hetero) is 1. The highest BCUT2D eigenvalue weighted by Gasteiger charge is 2.32. The topological polar surface area (TPSA) is 110 Å². The van der Waals surface area contributed by atoms with Crippen LogP contribution < -0.4 is 15.8 Å². The van der Waals surface area contributed by atoms with Crippen molar-refractivity contribution in [3.63, 3.8) is 0 Å². The quantitative estimate of drug-likeness (QED) is 0.731. The van der Waals surface area contributed by atoms with Crippen LogP contribution in [0.25, 0.3) is 0 Å². The highest BCUT2D eigenvalue weighted by molar-refractivity contribution is 5.95. The number of aromatic nitrogens is 1. The number of methoxy groups -OCH3 is 1. The molecule has 0 aromatic carbocycles. The smallest absolute Gasteiger partial charge is 0.234 e. The van der Waals surface area contributed by atoms with Crippen molar-refractivity contribution < 1.29 is 14.3 Å². The number of hydrogen-bond acceptors (Lipinski definition) is 7. The molecule has 1 aromatic heterocycles. The number of nitriles is 1. The van der Waals surface area contributed by atoms with Crippen molar-refractivity contribution in [1.29, 1.82) is 5.26 Å². The van der Waals surface area contributed by atoms with Gasteiger partial charge in [0.2, 0.25) is 5.88 Å². The van der Waals surface area contributed by atoms with E-state index in [2.05, 4.69) is 10.3 Å². The molecule has 1 aliphatic heterocycles. The van der Waals surface area contributed by atoms with Gasteiger partial charge in [-0.3, -0.25) is 4.79 Å². The van der Waals surface area contributed by atoms with E-state index in [0.717, 1.165) is 25.9 Å². The number of nitrogens with one attached hydrogen (secondary N) is 1. The lowest BCUT2D eigenvalue weighted by Crippen LogP contribution is -2.43. The molecule has 24 heavy (non-hydrogen) atoms. The van der Waals surface area contributed by atoms with E-state index in [0.29, 0.717) is 19.4 Å². The number of nitrogen functional groups attached to an aromatic ring is 1. The molecule has 0 saturated carbocycles. The van der Waals surface area contributed by atoms with Gasteiger partial charge in [0, 0.05) is 13.5 Å². The summed E-state index contributed by atoms with van der Waals surface area (Å²) in [5.74, 6) is -0.00577. The number of nitrogens with two attached hydrogens (primary N) is 1. The molecule has 0 spiro atoms. The Morgan fingerprint density at radius 3 is 2.79 bits per heavy atom. The molecule has 0 unspecified atom stereocenters. The summed E-state index contributed by atoms with van der Waals surface area (Å²) in [6.07, 6.45) is 2.71. The Labute approximate surface area is 142 Å². The minimum Gasteiger partial charge on any atom is -0.477 e. The Kier molecular flexibility index (Phi) is 6.12. The van der Waals surface area contributed by atoms with Gasteiger partial charge < -0.3 is 20.5 Å². The van der Waals surface area contributed by atoms with Crippen LogP contribution in [-0.4, -0.2) is 43.2 Å². The summed E-state index contributed by atoms with van der Waals surface area (Å²) in [7, 11) is 1.70. The predicted molar refractivity (Wildman–Crippen MR) is 89.9 cm³/mol. The maximum Gasteiger partial charge on any atom is 0.234 e. The monoisotopic (exact) mass is 332 g/mol. The zero-order valence-corrected chi connectivity index (χ0v) is 14.2. The molecule has 1 aromatic rings. The number of ether oxygens (including phenoxy) is 2. The van der Waals surface area contributed by atoms with Crippen LogP contribution in [0.15, 0.2) is 6.07 Å². The number of piperidine rings is 1. The highest BCUT2D eigenvalue weighted by atomic mass is 16.5. The second kappa shape index (κ2) is 8.08. The lowest BCUT2D eigenvalue weighted by Gasteiger charge is -2.36. The Hall–Kier alpha value is -2.17. The minimum absolute atomic E-state index is 0.117. The minimum atomic E-state index is -0.262. The average molecular weight is 332 g/mol. The van der Waals surface area contributed by atoms with E-state index in [9.17, 15) is 4.79 Å². The van der Waals surface area contributed by atoms with Crippen molar-refractivity contribution >= 4 is 11.5 Å². The van der Waals surface area contributed by atoms with E-state index >= 15 is 0 Å². The van der Waals surface area contributed by atoms with Crippen molar-refractivity contribution in [2.24, 2.45) is 0 Å². The van der Waals surface area contributed by atoms with Crippen molar-refractivity contribution in [2.75, 3.05) is 32.5 Å². The molecule has 0 radical (unpaired) electrons. The average Bonchev–Trinajstić information content (AvgIpc) is 2.60. The number of nitrogens with zero attached hydrogens (tertiary/aromatic N) is 2. The van der Waals surface area contributed by atoms with Crippen LogP contribution in [0, 0.1) is 11.3 Å². The summed E-state index contributed by atoms with van der Waals surface area (Å²) >= 11 is 0. The normalized spacial score (nSPS) is 16.4. The van der Waals surface area contributed by atoms with Gasteiger partial charge in [-0.1, -0.05) is 0 Å². The summed E-state index contributed by atoms with van der Waals surface area (Å²) in [5.41, 5.74) is 6.21. The van der Waals surface area contributed by atoms with Gasteiger partial charge in [-0.15, -0.1) is 0 Å². The van der Waals surface area contributed by atoms with Crippen LogP contribution >= 0.6 is 0 Å². The van der Waals surface area contributed by atoms with Gasteiger partial charge in [0.25, 0.3) is 0 Å². The third-order valence-corrected chi connectivity index (χ3v) is 4.45.